The molecule has 4 rings (SSSR count). The molecule has 0 aliphatic rings. The van der Waals surface area contributed by atoms with Crippen molar-refractivity contribution in [3.05, 3.63) is 64.8 Å². The number of hydrogen-bond acceptors (Lipinski definition) is 5. The topological polar surface area (TPSA) is 64.9 Å². The number of carbonyl (C=O) groups is 1. The number of fused-ring (bicyclic) bond motifs is 1. The number of benzene rings is 2. The first-order chi connectivity index (χ1) is 14.5. The van der Waals surface area contributed by atoms with Gasteiger partial charge in [0.1, 0.15) is 0 Å². The Hall–Kier alpha value is -3.32. The Morgan fingerprint density at radius 1 is 1.10 bits per heavy atom. The summed E-state index contributed by atoms with van der Waals surface area (Å²) in [6.07, 6.45) is 2.22. The van der Waals surface area contributed by atoms with Crippen LogP contribution in [0, 0.1) is 13.8 Å². The van der Waals surface area contributed by atoms with Crippen LogP contribution in [0.1, 0.15) is 16.8 Å². The van der Waals surface area contributed by atoms with Crippen LogP contribution in [-0.2, 0) is 11.2 Å². The first kappa shape index (κ1) is 20.0. The molecule has 0 saturated heterocycles. The Balaban J connectivity index is 1.56. The van der Waals surface area contributed by atoms with Crippen LogP contribution in [0.2, 0.25) is 0 Å². The largest absolute Gasteiger partial charge is 0.493 e. The zero-order valence-electron chi connectivity index (χ0n) is 17.4. The molecule has 7 heteroatoms. The first-order valence-corrected chi connectivity index (χ1v) is 10.4. The molecule has 1 amide bonds. The third kappa shape index (κ3) is 3.89. The van der Waals surface area contributed by atoms with Gasteiger partial charge in [0.25, 0.3) is 0 Å². The Kier molecular flexibility index (Phi) is 5.46. The van der Waals surface area contributed by atoms with Gasteiger partial charge in [0, 0.05) is 28.5 Å². The number of aryl methyl sites for hydroxylation is 2. The minimum atomic E-state index is -0.0528. The van der Waals surface area contributed by atoms with E-state index >= 15 is 0 Å². The van der Waals surface area contributed by atoms with E-state index in [0.717, 1.165) is 33.2 Å². The van der Waals surface area contributed by atoms with Crippen molar-refractivity contribution in [2.45, 2.75) is 20.3 Å². The number of nitrogens with zero attached hydrogens (tertiary/aromatic N) is 2. The summed E-state index contributed by atoms with van der Waals surface area (Å²) >= 11 is 1.52. The van der Waals surface area contributed by atoms with E-state index in [-0.39, 0.29) is 12.3 Å². The quantitative estimate of drug-likeness (QED) is 0.482. The van der Waals surface area contributed by atoms with Crippen molar-refractivity contribution in [2.75, 3.05) is 19.5 Å². The molecule has 0 radical (unpaired) electrons. The SMILES string of the molecule is COc1ccc(-c2cn3c(CC(=O)Nc4ccc(C)cc4C)csc3n2)cc1OC. The van der Waals surface area contributed by atoms with Crippen LogP contribution in [0.15, 0.2) is 48.0 Å². The monoisotopic (exact) mass is 421 g/mol. The summed E-state index contributed by atoms with van der Waals surface area (Å²) in [6.45, 7) is 4.03. The predicted octanol–water partition coefficient (Wildman–Crippen LogP) is 4.88. The summed E-state index contributed by atoms with van der Waals surface area (Å²) in [5, 5.41) is 4.98. The van der Waals surface area contributed by atoms with E-state index in [9.17, 15) is 4.79 Å². The van der Waals surface area contributed by atoms with Crippen molar-refractivity contribution in [1.82, 2.24) is 9.38 Å². The molecule has 0 atom stereocenters. The number of rotatable bonds is 6. The fourth-order valence-electron chi connectivity index (χ4n) is 3.40. The number of methoxy groups -OCH3 is 2. The number of carbonyl (C=O) groups excluding carboxylic acids is 1. The maximum Gasteiger partial charge on any atom is 0.230 e. The maximum absolute atomic E-state index is 12.6. The van der Waals surface area contributed by atoms with E-state index in [1.54, 1.807) is 14.2 Å². The third-order valence-corrected chi connectivity index (χ3v) is 5.85. The molecule has 0 bridgehead atoms. The van der Waals surface area contributed by atoms with E-state index in [1.165, 1.54) is 16.9 Å². The van der Waals surface area contributed by atoms with Crippen LogP contribution < -0.4 is 14.8 Å². The van der Waals surface area contributed by atoms with Crippen molar-refractivity contribution in [3.8, 4) is 22.8 Å². The molecule has 154 valence electrons. The fraction of sp³-hybridized carbons (Fsp3) is 0.217. The average Bonchev–Trinajstić information content (AvgIpc) is 3.31. The summed E-state index contributed by atoms with van der Waals surface area (Å²) in [7, 11) is 3.22. The van der Waals surface area contributed by atoms with E-state index in [0.29, 0.717) is 11.5 Å². The lowest BCUT2D eigenvalue weighted by atomic mass is 10.1. The Morgan fingerprint density at radius 3 is 2.63 bits per heavy atom. The van der Waals surface area contributed by atoms with Gasteiger partial charge in [-0.2, -0.15) is 0 Å². The molecule has 30 heavy (non-hydrogen) atoms. The number of imidazole rings is 1. The lowest BCUT2D eigenvalue weighted by molar-refractivity contribution is -0.115. The number of amides is 1. The predicted molar refractivity (Wildman–Crippen MR) is 120 cm³/mol. The lowest BCUT2D eigenvalue weighted by Gasteiger charge is -2.09. The van der Waals surface area contributed by atoms with Crippen molar-refractivity contribution in [3.63, 3.8) is 0 Å². The second-order valence-corrected chi connectivity index (χ2v) is 7.96. The molecule has 0 saturated carbocycles. The molecule has 2 heterocycles. The standard InChI is InChI=1S/C23H23N3O3S/c1-14-5-7-18(15(2)9-14)24-22(27)11-17-13-30-23-25-19(12-26(17)23)16-6-8-20(28-3)21(10-16)29-4/h5-10,12-13H,11H2,1-4H3,(H,24,27). The Morgan fingerprint density at radius 2 is 1.90 bits per heavy atom. The Labute approximate surface area is 179 Å². The number of hydrogen-bond donors (Lipinski definition) is 1. The molecule has 6 nitrogen and oxygen atoms in total. The molecule has 4 aromatic rings. The highest BCUT2D eigenvalue weighted by Gasteiger charge is 2.14. The molecule has 0 spiro atoms. The summed E-state index contributed by atoms with van der Waals surface area (Å²) in [5.74, 6) is 1.27. The summed E-state index contributed by atoms with van der Waals surface area (Å²) in [5.41, 5.74) is 5.71. The molecule has 0 unspecified atom stereocenters. The fourth-order valence-corrected chi connectivity index (χ4v) is 4.28. The van der Waals surface area contributed by atoms with Crippen LogP contribution in [0.5, 0.6) is 11.5 Å². The number of thiazole rings is 1. The number of nitrogens with one attached hydrogen (secondary N) is 1. The van der Waals surface area contributed by atoms with Crippen molar-refractivity contribution < 1.29 is 14.3 Å². The highest BCUT2D eigenvalue weighted by Crippen LogP contribution is 2.32. The summed E-state index contributed by atoms with van der Waals surface area (Å²) in [4.78, 5) is 18.2. The first-order valence-electron chi connectivity index (χ1n) is 9.53. The summed E-state index contributed by atoms with van der Waals surface area (Å²) < 4.78 is 12.7. The number of anilines is 1. The highest BCUT2D eigenvalue weighted by atomic mass is 32.1. The van der Waals surface area contributed by atoms with E-state index in [1.807, 2.05) is 60.2 Å². The summed E-state index contributed by atoms with van der Waals surface area (Å²) in [6, 6.07) is 11.7. The minimum Gasteiger partial charge on any atom is -0.493 e. The van der Waals surface area contributed by atoms with Gasteiger partial charge in [-0.3, -0.25) is 9.20 Å². The van der Waals surface area contributed by atoms with Crippen LogP contribution in [0.3, 0.4) is 0 Å². The van der Waals surface area contributed by atoms with Gasteiger partial charge in [0.05, 0.1) is 26.3 Å². The molecular formula is C23H23N3O3S. The Bertz CT molecular complexity index is 1230. The van der Waals surface area contributed by atoms with Gasteiger partial charge < -0.3 is 14.8 Å². The molecule has 1 N–H and O–H groups in total. The zero-order valence-corrected chi connectivity index (χ0v) is 18.2. The van der Waals surface area contributed by atoms with Crippen molar-refractivity contribution >= 4 is 27.9 Å². The van der Waals surface area contributed by atoms with Gasteiger partial charge >= 0.3 is 0 Å². The normalized spacial score (nSPS) is 10.9. The lowest BCUT2D eigenvalue weighted by Crippen LogP contribution is -2.16. The maximum atomic E-state index is 12.6. The van der Waals surface area contributed by atoms with Gasteiger partial charge in [-0.05, 0) is 43.7 Å². The smallest absolute Gasteiger partial charge is 0.230 e. The van der Waals surface area contributed by atoms with Gasteiger partial charge in [0.2, 0.25) is 5.91 Å². The second-order valence-electron chi connectivity index (χ2n) is 7.12. The number of ether oxygens (including phenoxy) is 2. The third-order valence-electron chi connectivity index (χ3n) is 4.96. The van der Waals surface area contributed by atoms with E-state index in [2.05, 4.69) is 11.4 Å². The molecule has 2 aromatic heterocycles. The van der Waals surface area contributed by atoms with Crippen LogP contribution >= 0.6 is 11.3 Å². The van der Waals surface area contributed by atoms with Crippen molar-refractivity contribution in [1.29, 1.82) is 0 Å². The average molecular weight is 422 g/mol. The van der Waals surface area contributed by atoms with Gasteiger partial charge in [-0.1, -0.05) is 17.7 Å². The highest BCUT2D eigenvalue weighted by molar-refractivity contribution is 7.15. The molecule has 0 fully saturated rings. The van der Waals surface area contributed by atoms with Gasteiger partial charge in [-0.25, -0.2) is 4.98 Å². The van der Waals surface area contributed by atoms with Crippen LogP contribution in [-0.4, -0.2) is 29.5 Å². The van der Waals surface area contributed by atoms with Gasteiger partial charge in [-0.15, -0.1) is 11.3 Å². The zero-order chi connectivity index (χ0) is 21.3. The molecule has 0 aliphatic carbocycles. The second kappa shape index (κ2) is 8.20. The molecular weight excluding hydrogens is 398 g/mol. The number of aromatic nitrogens is 2. The molecule has 0 aliphatic heterocycles. The minimum absolute atomic E-state index is 0.0528. The van der Waals surface area contributed by atoms with Crippen LogP contribution in [0.25, 0.3) is 16.2 Å². The van der Waals surface area contributed by atoms with E-state index in [4.69, 9.17) is 14.5 Å². The van der Waals surface area contributed by atoms with Crippen LogP contribution in [0.4, 0.5) is 5.69 Å². The van der Waals surface area contributed by atoms with Gasteiger partial charge in [0.15, 0.2) is 16.5 Å². The van der Waals surface area contributed by atoms with Crippen molar-refractivity contribution in [2.24, 2.45) is 0 Å². The van der Waals surface area contributed by atoms with E-state index < -0.39 is 0 Å². The molecule has 2 aromatic carbocycles.